The number of amides is 1. The Balaban J connectivity index is 1.96. The summed E-state index contributed by atoms with van der Waals surface area (Å²) < 4.78 is 23.4. The summed E-state index contributed by atoms with van der Waals surface area (Å²) in [4.78, 5) is 26.2. The van der Waals surface area contributed by atoms with Gasteiger partial charge in [0.2, 0.25) is 0 Å². The van der Waals surface area contributed by atoms with E-state index in [1.165, 1.54) is 24.1 Å². The number of carbonyl (C=O) groups is 2. The molecule has 1 atom stereocenters. The second-order valence-electron chi connectivity index (χ2n) is 5.44. The highest BCUT2D eigenvalue weighted by molar-refractivity contribution is 6.03. The zero-order valence-corrected chi connectivity index (χ0v) is 13.3. The van der Waals surface area contributed by atoms with Gasteiger partial charge in [0, 0.05) is 12.1 Å². The van der Waals surface area contributed by atoms with E-state index in [1.54, 1.807) is 19.2 Å². The molecule has 5 nitrogen and oxygen atoms in total. The molecule has 0 aliphatic carbocycles. The van der Waals surface area contributed by atoms with Crippen LogP contribution in [0.2, 0.25) is 0 Å². The Kier molecular flexibility index (Phi) is 4.20. The van der Waals surface area contributed by atoms with E-state index in [-0.39, 0.29) is 12.1 Å². The molecular weight excluding hydrogens is 313 g/mol. The lowest BCUT2D eigenvalue weighted by Crippen LogP contribution is -2.32. The molecule has 1 heterocycles. The van der Waals surface area contributed by atoms with Crippen LogP contribution in [0.1, 0.15) is 27.5 Å². The number of benzene rings is 2. The lowest BCUT2D eigenvalue weighted by molar-refractivity contribution is -0.146. The quantitative estimate of drug-likeness (QED) is 0.809. The van der Waals surface area contributed by atoms with Gasteiger partial charge in [-0.05, 0) is 35.4 Å². The summed E-state index contributed by atoms with van der Waals surface area (Å²) in [5, 5.41) is 0. The monoisotopic (exact) mass is 329 g/mol. The third kappa shape index (κ3) is 2.71. The first-order chi connectivity index (χ1) is 11.5. The van der Waals surface area contributed by atoms with Gasteiger partial charge in [-0.3, -0.25) is 4.79 Å². The third-order valence-corrected chi connectivity index (χ3v) is 4.05. The number of nitrogens with zero attached hydrogens (tertiary/aromatic N) is 1. The molecule has 0 saturated carbocycles. The van der Waals surface area contributed by atoms with E-state index in [4.69, 9.17) is 9.47 Å². The van der Waals surface area contributed by atoms with Gasteiger partial charge < -0.3 is 14.4 Å². The average Bonchev–Trinajstić information content (AvgIpc) is 2.87. The van der Waals surface area contributed by atoms with Crippen molar-refractivity contribution in [1.82, 2.24) is 4.90 Å². The molecule has 0 radical (unpaired) electrons. The topological polar surface area (TPSA) is 55.8 Å². The molecule has 0 aromatic heterocycles. The summed E-state index contributed by atoms with van der Waals surface area (Å²) in [6, 6.07) is 10.1. The van der Waals surface area contributed by atoms with Crippen molar-refractivity contribution in [3.05, 3.63) is 65.0 Å². The van der Waals surface area contributed by atoms with Crippen LogP contribution in [0.5, 0.6) is 5.75 Å². The Morgan fingerprint density at radius 1 is 1.17 bits per heavy atom. The van der Waals surface area contributed by atoms with Gasteiger partial charge in [-0.1, -0.05) is 18.2 Å². The van der Waals surface area contributed by atoms with Gasteiger partial charge >= 0.3 is 5.97 Å². The number of rotatable bonds is 4. The van der Waals surface area contributed by atoms with Crippen molar-refractivity contribution in [2.45, 2.75) is 12.6 Å². The van der Waals surface area contributed by atoms with Crippen molar-refractivity contribution >= 4 is 11.9 Å². The molecule has 0 fully saturated rings. The molecule has 0 bridgehead atoms. The molecule has 3 rings (SSSR count). The predicted molar refractivity (Wildman–Crippen MR) is 84.0 cm³/mol. The van der Waals surface area contributed by atoms with Gasteiger partial charge in [0.15, 0.2) is 6.04 Å². The highest BCUT2D eigenvalue weighted by atomic mass is 19.1. The van der Waals surface area contributed by atoms with Crippen molar-refractivity contribution in [1.29, 1.82) is 0 Å². The van der Waals surface area contributed by atoms with Crippen LogP contribution in [-0.4, -0.2) is 31.0 Å². The molecule has 2 aromatic rings. The molecule has 1 aliphatic rings. The van der Waals surface area contributed by atoms with Crippen LogP contribution in [0.3, 0.4) is 0 Å². The lowest BCUT2D eigenvalue weighted by atomic mass is 10.0. The first-order valence-corrected chi connectivity index (χ1v) is 7.36. The highest BCUT2D eigenvalue weighted by Crippen LogP contribution is 2.36. The minimum absolute atomic E-state index is 0.193. The van der Waals surface area contributed by atoms with Crippen molar-refractivity contribution < 1.29 is 23.5 Å². The van der Waals surface area contributed by atoms with Crippen LogP contribution < -0.4 is 4.74 Å². The Labute approximate surface area is 138 Å². The van der Waals surface area contributed by atoms with E-state index in [0.717, 1.165) is 11.6 Å². The maximum Gasteiger partial charge on any atom is 0.333 e. The van der Waals surface area contributed by atoms with Gasteiger partial charge in [0.05, 0.1) is 14.2 Å². The second kappa shape index (κ2) is 6.31. The van der Waals surface area contributed by atoms with Gasteiger partial charge in [-0.15, -0.1) is 0 Å². The molecule has 0 spiro atoms. The van der Waals surface area contributed by atoms with Gasteiger partial charge in [-0.25, -0.2) is 9.18 Å². The number of ether oxygens (including phenoxy) is 2. The second-order valence-corrected chi connectivity index (χ2v) is 5.44. The fourth-order valence-corrected chi connectivity index (χ4v) is 2.85. The highest BCUT2D eigenvalue weighted by Gasteiger charge is 2.42. The van der Waals surface area contributed by atoms with Crippen LogP contribution in [0.25, 0.3) is 0 Å². The van der Waals surface area contributed by atoms with Crippen LogP contribution in [0.4, 0.5) is 4.39 Å². The minimum Gasteiger partial charge on any atom is -0.497 e. The lowest BCUT2D eigenvalue weighted by Gasteiger charge is -2.23. The van der Waals surface area contributed by atoms with Crippen molar-refractivity contribution in [2.75, 3.05) is 14.2 Å². The van der Waals surface area contributed by atoms with Crippen LogP contribution in [-0.2, 0) is 16.1 Å². The van der Waals surface area contributed by atoms with Crippen molar-refractivity contribution in [3.63, 3.8) is 0 Å². The number of carbonyl (C=O) groups excluding carboxylic acids is 2. The largest absolute Gasteiger partial charge is 0.497 e. The predicted octanol–water partition coefficient (Wildman–Crippen LogP) is 2.70. The smallest absolute Gasteiger partial charge is 0.333 e. The van der Waals surface area contributed by atoms with Crippen LogP contribution in [0, 0.1) is 5.82 Å². The van der Waals surface area contributed by atoms with E-state index in [9.17, 15) is 14.0 Å². The Morgan fingerprint density at radius 2 is 1.88 bits per heavy atom. The van der Waals surface area contributed by atoms with E-state index in [2.05, 4.69) is 0 Å². The summed E-state index contributed by atoms with van der Waals surface area (Å²) in [5.41, 5.74) is 1.48. The molecule has 0 saturated heterocycles. The van der Waals surface area contributed by atoms with Crippen molar-refractivity contribution in [2.24, 2.45) is 0 Å². The summed E-state index contributed by atoms with van der Waals surface area (Å²) in [6.45, 7) is 0.207. The Hall–Kier alpha value is -2.89. The Bertz CT molecular complexity index is 788. The summed E-state index contributed by atoms with van der Waals surface area (Å²) in [6.07, 6.45) is 0. The van der Waals surface area contributed by atoms with E-state index in [0.29, 0.717) is 11.3 Å². The zero-order chi connectivity index (χ0) is 17.3. The number of esters is 1. The molecular formula is C18H16FNO4. The Morgan fingerprint density at radius 3 is 2.50 bits per heavy atom. The SMILES string of the molecule is COC(=O)C1c2ccc(F)cc2C(=O)N1Cc1ccc(OC)cc1. The van der Waals surface area contributed by atoms with Crippen LogP contribution >= 0.6 is 0 Å². The van der Waals surface area contributed by atoms with Gasteiger partial charge in [0.1, 0.15) is 11.6 Å². The molecule has 24 heavy (non-hydrogen) atoms. The van der Waals surface area contributed by atoms with Gasteiger partial charge in [0.25, 0.3) is 5.91 Å². The maximum atomic E-state index is 13.5. The summed E-state index contributed by atoms with van der Waals surface area (Å²) in [5.74, 6) is -0.767. The number of halogens is 1. The average molecular weight is 329 g/mol. The van der Waals surface area contributed by atoms with Crippen LogP contribution in [0.15, 0.2) is 42.5 Å². The normalized spacial score (nSPS) is 16.0. The van der Waals surface area contributed by atoms with E-state index in [1.807, 2.05) is 12.1 Å². The number of fused-ring (bicyclic) bond motifs is 1. The fourth-order valence-electron chi connectivity index (χ4n) is 2.85. The minimum atomic E-state index is -0.875. The fraction of sp³-hybridized carbons (Fsp3) is 0.222. The number of hydrogen-bond donors (Lipinski definition) is 0. The number of methoxy groups -OCH3 is 2. The van der Waals surface area contributed by atoms with Gasteiger partial charge in [-0.2, -0.15) is 0 Å². The molecule has 1 amide bonds. The number of hydrogen-bond acceptors (Lipinski definition) is 4. The molecule has 0 N–H and O–H groups in total. The first-order valence-electron chi connectivity index (χ1n) is 7.36. The molecule has 1 unspecified atom stereocenters. The summed E-state index contributed by atoms with van der Waals surface area (Å²) in [7, 11) is 2.83. The van der Waals surface area contributed by atoms with Crippen molar-refractivity contribution in [3.8, 4) is 5.75 Å². The zero-order valence-electron chi connectivity index (χ0n) is 13.3. The van der Waals surface area contributed by atoms with E-state index < -0.39 is 23.7 Å². The maximum absolute atomic E-state index is 13.5. The van der Waals surface area contributed by atoms with E-state index >= 15 is 0 Å². The molecule has 2 aromatic carbocycles. The summed E-state index contributed by atoms with van der Waals surface area (Å²) >= 11 is 0. The molecule has 6 heteroatoms. The standard InChI is InChI=1S/C18H16FNO4/c1-23-13-6-3-11(4-7-13)10-20-16(18(22)24-2)14-8-5-12(19)9-15(14)17(20)21/h3-9,16H,10H2,1-2H3. The third-order valence-electron chi connectivity index (χ3n) is 4.05. The molecule has 124 valence electrons. The molecule has 1 aliphatic heterocycles. The first kappa shape index (κ1) is 16.0.